The van der Waals surface area contributed by atoms with Crippen molar-refractivity contribution in [2.45, 2.75) is 59.8 Å². The molecule has 0 heterocycles. The van der Waals surface area contributed by atoms with Crippen LogP contribution in [0.5, 0.6) is 5.75 Å². The molecule has 0 aliphatic heterocycles. The zero-order valence-electron chi connectivity index (χ0n) is 13.7. The number of carbonyl (C=O) groups is 1. The lowest BCUT2D eigenvalue weighted by Crippen LogP contribution is -2.07. The largest absolute Gasteiger partial charge is 0.490 e. The Hall–Kier alpha value is -1.38. The Kier molecular flexibility index (Phi) is 7.41. The van der Waals surface area contributed by atoms with Gasteiger partial charge in [0.05, 0.1) is 6.61 Å². The molecule has 1 aromatic carbocycles. The van der Waals surface area contributed by atoms with E-state index in [4.69, 9.17) is 4.74 Å². The van der Waals surface area contributed by atoms with Crippen LogP contribution in [0, 0.1) is 18.7 Å². The normalized spacial score (nSPS) is 11.0. The quantitative estimate of drug-likeness (QED) is 0.608. The first kappa shape index (κ1) is 17.7. The van der Waals surface area contributed by atoms with Gasteiger partial charge in [-0.25, -0.2) is 4.39 Å². The highest BCUT2D eigenvalue weighted by molar-refractivity contribution is 5.75. The summed E-state index contributed by atoms with van der Waals surface area (Å²) in [6, 6.07) is 3.65. The number of Topliss-reactive ketones (excluding diaryl/α,β-unsaturated/α-hetero) is 1. The number of benzene rings is 1. The Morgan fingerprint density at radius 2 is 1.95 bits per heavy atom. The van der Waals surface area contributed by atoms with Crippen LogP contribution in [0.4, 0.5) is 4.39 Å². The zero-order chi connectivity index (χ0) is 15.8. The highest BCUT2D eigenvalue weighted by Gasteiger charge is 2.11. The smallest absolute Gasteiger partial charge is 0.168 e. The Bertz CT molecular complexity index is 467. The molecule has 0 N–H and O–H groups in total. The Labute approximate surface area is 127 Å². The fraction of sp³-hybridized carbons (Fsp3) is 0.611. The molecule has 1 aromatic rings. The van der Waals surface area contributed by atoms with E-state index in [1.165, 1.54) is 0 Å². The number of carbonyl (C=O) groups excluding carboxylic acids is 1. The maximum absolute atomic E-state index is 14.4. The van der Waals surface area contributed by atoms with Crippen molar-refractivity contribution in [3.8, 4) is 5.75 Å². The predicted octanol–water partition coefficient (Wildman–Crippen LogP) is 4.86. The van der Waals surface area contributed by atoms with Gasteiger partial charge in [0.15, 0.2) is 11.6 Å². The Balaban J connectivity index is 2.58. The van der Waals surface area contributed by atoms with Crippen LogP contribution in [0.2, 0.25) is 0 Å². The summed E-state index contributed by atoms with van der Waals surface area (Å²) in [6.07, 6.45) is 4.06. The molecule has 1 rings (SSSR count). The molecule has 3 heteroatoms. The van der Waals surface area contributed by atoms with Crippen molar-refractivity contribution >= 4 is 5.78 Å². The van der Waals surface area contributed by atoms with Crippen LogP contribution in [0.15, 0.2) is 12.1 Å². The topological polar surface area (TPSA) is 26.3 Å². The fourth-order valence-corrected chi connectivity index (χ4v) is 2.22. The molecule has 2 nitrogen and oxygen atoms in total. The second-order valence-corrected chi connectivity index (χ2v) is 6.20. The first-order chi connectivity index (χ1) is 9.90. The zero-order valence-corrected chi connectivity index (χ0v) is 13.7. The fourth-order valence-electron chi connectivity index (χ4n) is 2.22. The minimum atomic E-state index is -0.229. The molecule has 0 saturated heterocycles. The van der Waals surface area contributed by atoms with Crippen LogP contribution in [-0.4, -0.2) is 12.4 Å². The van der Waals surface area contributed by atoms with Crippen LogP contribution in [0.25, 0.3) is 0 Å². The summed E-state index contributed by atoms with van der Waals surface area (Å²) < 4.78 is 19.9. The lowest BCUT2D eigenvalue weighted by Gasteiger charge is -2.13. The number of halogens is 1. The molecular weight excluding hydrogens is 267 g/mol. The van der Waals surface area contributed by atoms with Crippen molar-refractivity contribution in [3.05, 3.63) is 29.1 Å². The molecule has 21 heavy (non-hydrogen) atoms. The van der Waals surface area contributed by atoms with Crippen molar-refractivity contribution in [1.29, 1.82) is 0 Å². The van der Waals surface area contributed by atoms with Crippen molar-refractivity contribution in [2.75, 3.05) is 6.61 Å². The summed E-state index contributed by atoms with van der Waals surface area (Å²) in [4.78, 5) is 10.9. The molecule has 0 atom stereocenters. The average Bonchev–Trinajstić information content (AvgIpc) is 2.39. The van der Waals surface area contributed by atoms with Crippen molar-refractivity contribution in [3.63, 3.8) is 0 Å². The molecule has 0 saturated carbocycles. The maximum atomic E-state index is 14.4. The number of rotatable bonds is 9. The van der Waals surface area contributed by atoms with E-state index in [-0.39, 0.29) is 11.6 Å². The van der Waals surface area contributed by atoms with Crippen molar-refractivity contribution < 1.29 is 13.9 Å². The van der Waals surface area contributed by atoms with Crippen LogP contribution < -0.4 is 4.74 Å². The van der Waals surface area contributed by atoms with Crippen LogP contribution in [0.3, 0.4) is 0 Å². The molecule has 0 aliphatic carbocycles. The minimum absolute atomic E-state index is 0.223. The number of hydrogen-bond donors (Lipinski definition) is 0. The van der Waals surface area contributed by atoms with E-state index < -0.39 is 0 Å². The standard InChI is InChI=1S/C18H27FO2/c1-13(2)12-21-17-11-14(3)10-16(18(17)19)9-7-5-6-8-15(4)20/h10-11,13H,5-9,12H2,1-4H3. The summed E-state index contributed by atoms with van der Waals surface area (Å²) in [5.74, 6) is 0.733. The number of hydrogen-bond acceptors (Lipinski definition) is 2. The molecule has 118 valence electrons. The number of aryl methyl sites for hydroxylation is 2. The Morgan fingerprint density at radius 3 is 2.57 bits per heavy atom. The molecule has 0 spiro atoms. The summed E-state index contributed by atoms with van der Waals surface area (Å²) in [6.45, 7) is 8.19. The summed E-state index contributed by atoms with van der Waals surface area (Å²) >= 11 is 0. The van der Waals surface area contributed by atoms with Gasteiger partial charge in [0.25, 0.3) is 0 Å². The van der Waals surface area contributed by atoms with E-state index >= 15 is 0 Å². The molecule has 0 amide bonds. The molecular formula is C18H27FO2. The lowest BCUT2D eigenvalue weighted by molar-refractivity contribution is -0.117. The lowest BCUT2D eigenvalue weighted by atomic mass is 10.0. The second kappa shape index (κ2) is 8.81. The second-order valence-electron chi connectivity index (χ2n) is 6.20. The van der Waals surface area contributed by atoms with Gasteiger partial charge in [0.1, 0.15) is 5.78 Å². The third-order valence-corrected chi connectivity index (χ3v) is 3.31. The average molecular weight is 294 g/mol. The minimum Gasteiger partial charge on any atom is -0.490 e. The van der Waals surface area contributed by atoms with Gasteiger partial charge in [-0.1, -0.05) is 26.3 Å². The predicted molar refractivity (Wildman–Crippen MR) is 84.3 cm³/mol. The van der Waals surface area contributed by atoms with E-state index in [2.05, 4.69) is 0 Å². The third-order valence-electron chi connectivity index (χ3n) is 3.31. The number of ketones is 1. The van der Waals surface area contributed by atoms with Gasteiger partial charge in [0.2, 0.25) is 0 Å². The first-order valence-electron chi connectivity index (χ1n) is 7.81. The summed E-state index contributed by atoms with van der Waals surface area (Å²) in [5, 5.41) is 0. The van der Waals surface area contributed by atoms with Gasteiger partial charge >= 0.3 is 0 Å². The number of ether oxygens (including phenoxy) is 1. The van der Waals surface area contributed by atoms with E-state index in [0.29, 0.717) is 31.1 Å². The van der Waals surface area contributed by atoms with Gasteiger partial charge in [-0.2, -0.15) is 0 Å². The summed E-state index contributed by atoms with van der Waals surface area (Å²) in [5.41, 5.74) is 1.74. The van der Waals surface area contributed by atoms with E-state index in [1.807, 2.05) is 26.8 Å². The molecule has 0 radical (unpaired) electrons. The maximum Gasteiger partial charge on any atom is 0.168 e. The third kappa shape index (κ3) is 6.74. The van der Waals surface area contributed by atoms with Gasteiger partial charge in [-0.05, 0) is 56.2 Å². The SMILES string of the molecule is CC(=O)CCCCCc1cc(C)cc(OCC(C)C)c1F. The van der Waals surface area contributed by atoms with Crippen LogP contribution >= 0.6 is 0 Å². The highest BCUT2D eigenvalue weighted by atomic mass is 19.1. The van der Waals surface area contributed by atoms with E-state index in [1.54, 1.807) is 13.0 Å². The van der Waals surface area contributed by atoms with Crippen LogP contribution in [0.1, 0.15) is 57.6 Å². The van der Waals surface area contributed by atoms with Crippen molar-refractivity contribution in [1.82, 2.24) is 0 Å². The van der Waals surface area contributed by atoms with E-state index in [0.717, 1.165) is 30.4 Å². The van der Waals surface area contributed by atoms with Crippen molar-refractivity contribution in [2.24, 2.45) is 5.92 Å². The summed E-state index contributed by atoms with van der Waals surface area (Å²) in [7, 11) is 0. The molecule has 0 unspecified atom stereocenters. The molecule has 0 aromatic heterocycles. The Morgan fingerprint density at radius 1 is 1.24 bits per heavy atom. The first-order valence-corrected chi connectivity index (χ1v) is 7.81. The monoisotopic (exact) mass is 294 g/mol. The molecule has 0 fully saturated rings. The molecule has 0 bridgehead atoms. The number of unbranched alkanes of at least 4 members (excludes halogenated alkanes) is 2. The molecule has 0 aliphatic rings. The van der Waals surface area contributed by atoms with E-state index in [9.17, 15) is 9.18 Å². The van der Waals surface area contributed by atoms with Gasteiger partial charge < -0.3 is 9.53 Å². The highest BCUT2D eigenvalue weighted by Crippen LogP contribution is 2.25. The van der Waals surface area contributed by atoms with Crippen LogP contribution in [-0.2, 0) is 11.2 Å². The van der Waals surface area contributed by atoms with Gasteiger partial charge in [-0.3, -0.25) is 0 Å². The van der Waals surface area contributed by atoms with Gasteiger partial charge in [0, 0.05) is 6.42 Å². The van der Waals surface area contributed by atoms with Gasteiger partial charge in [-0.15, -0.1) is 0 Å².